The van der Waals surface area contributed by atoms with E-state index in [4.69, 9.17) is 0 Å². The van der Waals surface area contributed by atoms with Crippen LogP contribution in [0.3, 0.4) is 0 Å². The van der Waals surface area contributed by atoms with Gasteiger partial charge in [-0.25, -0.2) is 0 Å². The lowest BCUT2D eigenvalue weighted by Crippen LogP contribution is -2.28. The minimum Gasteiger partial charge on any atom is -0.392 e. The molecule has 0 spiro atoms. The Balaban J connectivity index is 2.37. The number of rotatable bonds is 0. The molecule has 2 unspecified atom stereocenters. The van der Waals surface area contributed by atoms with Gasteiger partial charge in [-0.05, 0) is 30.4 Å². The average molecular weight is 177 g/mol. The van der Waals surface area contributed by atoms with Crippen molar-refractivity contribution in [2.24, 2.45) is 5.92 Å². The van der Waals surface area contributed by atoms with Crippen molar-refractivity contribution in [3.05, 3.63) is 29.1 Å². The Morgan fingerprint density at radius 3 is 3.00 bits per heavy atom. The van der Waals surface area contributed by atoms with Crippen LogP contribution in [0, 0.1) is 12.8 Å². The Bertz CT molecular complexity index is 322. The molecule has 1 heterocycles. The van der Waals surface area contributed by atoms with Gasteiger partial charge in [-0.1, -0.05) is 13.0 Å². The molecule has 1 aromatic rings. The van der Waals surface area contributed by atoms with Gasteiger partial charge in [-0.15, -0.1) is 0 Å². The van der Waals surface area contributed by atoms with Crippen molar-refractivity contribution in [1.82, 2.24) is 4.98 Å². The number of pyridine rings is 1. The van der Waals surface area contributed by atoms with Crippen LogP contribution in [0.2, 0.25) is 0 Å². The van der Waals surface area contributed by atoms with E-state index in [0.29, 0.717) is 5.92 Å². The molecule has 0 saturated carbocycles. The fourth-order valence-electron chi connectivity index (χ4n) is 1.89. The molecule has 0 aliphatic heterocycles. The second kappa shape index (κ2) is 3.11. The zero-order valence-electron chi connectivity index (χ0n) is 8.12. The van der Waals surface area contributed by atoms with E-state index >= 15 is 0 Å². The summed E-state index contributed by atoms with van der Waals surface area (Å²) in [5.41, 5.74) is 3.58. The van der Waals surface area contributed by atoms with Crippen molar-refractivity contribution in [3.8, 4) is 0 Å². The number of aliphatic hydroxyl groups excluding tert-OH is 1. The lowest BCUT2D eigenvalue weighted by atomic mass is 9.85. The zero-order valence-corrected chi connectivity index (χ0v) is 8.12. The molecular formula is C11H15NO. The van der Waals surface area contributed by atoms with Gasteiger partial charge >= 0.3 is 0 Å². The van der Waals surface area contributed by atoms with Gasteiger partial charge in [0.05, 0.1) is 6.10 Å². The lowest BCUT2D eigenvalue weighted by molar-refractivity contribution is 0.108. The molecule has 2 nitrogen and oxygen atoms in total. The van der Waals surface area contributed by atoms with Gasteiger partial charge in [-0.3, -0.25) is 4.98 Å². The minimum absolute atomic E-state index is 0.184. The fourth-order valence-corrected chi connectivity index (χ4v) is 1.89. The smallest absolute Gasteiger partial charge is 0.0610 e. The van der Waals surface area contributed by atoms with E-state index in [1.807, 2.05) is 13.1 Å². The van der Waals surface area contributed by atoms with Crippen LogP contribution < -0.4 is 0 Å². The van der Waals surface area contributed by atoms with Crippen LogP contribution >= 0.6 is 0 Å². The topological polar surface area (TPSA) is 33.1 Å². The number of aliphatic hydroxyl groups is 1. The first-order chi connectivity index (χ1) is 6.16. The van der Waals surface area contributed by atoms with Crippen molar-refractivity contribution in [1.29, 1.82) is 0 Å². The van der Waals surface area contributed by atoms with Crippen LogP contribution in [0.5, 0.6) is 0 Å². The van der Waals surface area contributed by atoms with Gasteiger partial charge < -0.3 is 5.11 Å². The number of hydrogen-bond acceptors (Lipinski definition) is 2. The summed E-state index contributed by atoms with van der Waals surface area (Å²) in [5.74, 6) is 0.350. The van der Waals surface area contributed by atoms with Crippen molar-refractivity contribution in [2.75, 3.05) is 0 Å². The maximum atomic E-state index is 9.69. The van der Waals surface area contributed by atoms with Gasteiger partial charge in [0.25, 0.3) is 0 Å². The van der Waals surface area contributed by atoms with E-state index in [1.165, 1.54) is 16.8 Å². The highest BCUT2D eigenvalue weighted by Crippen LogP contribution is 2.24. The highest BCUT2D eigenvalue weighted by Gasteiger charge is 2.23. The van der Waals surface area contributed by atoms with E-state index < -0.39 is 0 Å². The SMILES string of the molecule is Cc1cnc2c(c1)CC(O)C(C)C2. The molecule has 2 rings (SSSR count). The molecule has 0 amide bonds. The fraction of sp³-hybridized carbons (Fsp3) is 0.545. The number of fused-ring (bicyclic) bond motifs is 1. The first-order valence-corrected chi connectivity index (χ1v) is 4.79. The van der Waals surface area contributed by atoms with Crippen molar-refractivity contribution in [3.63, 3.8) is 0 Å². The molecule has 1 aromatic heterocycles. The zero-order chi connectivity index (χ0) is 9.42. The molecule has 0 fully saturated rings. The molecule has 0 bridgehead atoms. The van der Waals surface area contributed by atoms with Gasteiger partial charge in [0, 0.05) is 18.3 Å². The van der Waals surface area contributed by atoms with Crippen LogP contribution in [0.1, 0.15) is 23.7 Å². The normalized spacial score (nSPS) is 27.0. The molecule has 0 aromatic carbocycles. The summed E-state index contributed by atoms with van der Waals surface area (Å²) < 4.78 is 0. The third-order valence-electron chi connectivity index (χ3n) is 2.80. The predicted octanol–water partition coefficient (Wildman–Crippen LogP) is 1.49. The summed E-state index contributed by atoms with van der Waals surface area (Å²) >= 11 is 0. The van der Waals surface area contributed by atoms with Crippen LogP contribution in [0.4, 0.5) is 0 Å². The van der Waals surface area contributed by atoms with Crippen molar-refractivity contribution in [2.45, 2.75) is 32.8 Å². The minimum atomic E-state index is -0.184. The Morgan fingerprint density at radius 1 is 1.46 bits per heavy atom. The van der Waals surface area contributed by atoms with Crippen LogP contribution in [-0.4, -0.2) is 16.2 Å². The van der Waals surface area contributed by atoms with E-state index in [-0.39, 0.29) is 6.10 Å². The number of hydrogen-bond donors (Lipinski definition) is 1. The Morgan fingerprint density at radius 2 is 2.23 bits per heavy atom. The van der Waals surface area contributed by atoms with E-state index in [9.17, 15) is 5.11 Å². The molecular weight excluding hydrogens is 162 g/mol. The van der Waals surface area contributed by atoms with Gasteiger partial charge in [-0.2, -0.15) is 0 Å². The summed E-state index contributed by atoms with van der Waals surface area (Å²) in [6.45, 7) is 4.12. The summed E-state index contributed by atoms with van der Waals surface area (Å²) in [4.78, 5) is 4.39. The number of aryl methyl sites for hydroxylation is 1. The first-order valence-electron chi connectivity index (χ1n) is 4.79. The number of aromatic nitrogens is 1. The third kappa shape index (κ3) is 1.59. The van der Waals surface area contributed by atoms with Crippen molar-refractivity contribution >= 4 is 0 Å². The molecule has 13 heavy (non-hydrogen) atoms. The third-order valence-corrected chi connectivity index (χ3v) is 2.80. The van der Waals surface area contributed by atoms with Gasteiger partial charge in [0.2, 0.25) is 0 Å². The maximum absolute atomic E-state index is 9.69. The van der Waals surface area contributed by atoms with Crippen LogP contribution in [0.15, 0.2) is 12.3 Å². The Hall–Kier alpha value is -0.890. The Kier molecular flexibility index (Phi) is 2.08. The molecule has 1 N–H and O–H groups in total. The predicted molar refractivity (Wildman–Crippen MR) is 51.6 cm³/mol. The van der Waals surface area contributed by atoms with Crippen LogP contribution in [0.25, 0.3) is 0 Å². The highest BCUT2D eigenvalue weighted by atomic mass is 16.3. The summed E-state index contributed by atoms with van der Waals surface area (Å²) in [6.07, 6.45) is 3.40. The monoisotopic (exact) mass is 177 g/mol. The van der Waals surface area contributed by atoms with E-state index in [2.05, 4.69) is 18.0 Å². The molecule has 0 saturated heterocycles. The highest BCUT2D eigenvalue weighted by molar-refractivity contribution is 5.28. The van der Waals surface area contributed by atoms with Gasteiger partial charge in [0.15, 0.2) is 0 Å². The quantitative estimate of drug-likeness (QED) is 0.651. The summed E-state index contributed by atoms with van der Waals surface area (Å²) in [6, 6.07) is 2.14. The molecule has 1 aliphatic rings. The van der Waals surface area contributed by atoms with Gasteiger partial charge in [0.1, 0.15) is 0 Å². The molecule has 2 heteroatoms. The molecule has 2 atom stereocenters. The van der Waals surface area contributed by atoms with E-state index in [0.717, 1.165) is 12.8 Å². The largest absolute Gasteiger partial charge is 0.392 e. The second-order valence-electron chi connectivity index (χ2n) is 4.07. The maximum Gasteiger partial charge on any atom is 0.0610 e. The van der Waals surface area contributed by atoms with E-state index in [1.54, 1.807) is 0 Å². The number of nitrogens with zero attached hydrogens (tertiary/aromatic N) is 1. The average Bonchev–Trinajstić information content (AvgIpc) is 2.08. The van der Waals surface area contributed by atoms with Crippen molar-refractivity contribution < 1.29 is 5.11 Å². The Labute approximate surface area is 78.6 Å². The molecule has 0 radical (unpaired) electrons. The second-order valence-corrected chi connectivity index (χ2v) is 4.07. The first kappa shape index (κ1) is 8.70. The molecule has 1 aliphatic carbocycles. The van der Waals surface area contributed by atoms with Crippen LogP contribution in [-0.2, 0) is 12.8 Å². The lowest BCUT2D eigenvalue weighted by Gasteiger charge is -2.26. The summed E-state index contributed by atoms with van der Waals surface area (Å²) in [5, 5.41) is 9.69. The summed E-state index contributed by atoms with van der Waals surface area (Å²) in [7, 11) is 0. The molecule has 70 valence electrons. The standard InChI is InChI=1S/C11H15NO/c1-7-3-9-5-11(13)8(2)4-10(9)12-6-7/h3,6,8,11,13H,4-5H2,1-2H3.